The number of amides is 2. The first-order valence-electron chi connectivity index (χ1n) is 9.16. The molecule has 2 aromatic rings. The topological polar surface area (TPSA) is 70.7 Å². The molecule has 6 nitrogen and oxygen atoms in total. The number of carbonyl (C=O) groups is 2. The van der Waals surface area contributed by atoms with Gasteiger partial charge in [-0.1, -0.05) is 6.07 Å². The fourth-order valence-electron chi connectivity index (χ4n) is 4.28. The van der Waals surface area contributed by atoms with Crippen molar-refractivity contribution in [1.29, 1.82) is 0 Å². The van der Waals surface area contributed by atoms with Crippen LogP contribution in [0.15, 0.2) is 24.3 Å². The summed E-state index contributed by atoms with van der Waals surface area (Å²) in [6, 6.07) is 9.02. The highest BCUT2D eigenvalue weighted by Gasteiger charge is 2.39. The monoisotopic (exact) mass is 371 g/mol. The van der Waals surface area contributed by atoms with Crippen LogP contribution in [0.3, 0.4) is 0 Å². The molecule has 5 rings (SSSR count). The van der Waals surface area contributed by atoms with Crippen molar-refractivity contribution in [2.24, 2.45) is 0 Å². The highest BCUT2D eigenvalue weighted by Crippen LogP contribution is 2.34. The molecule has 26 heavy (non-hydrogen) atoms. The van der Waals surface area contributed by atoms with E-state index < -0.39 is 0 Å². The Morgan fingerprint density at radius 2 is 2.23 bits per heavy atom. The van der Waals surface area contributed by atoms with Crippen molar-refractivity contribution >= 4 is 38.2 Å². The Morgan fingerprint density at radius 1 is 1.31 bits per heavy atom. The van der Waals surface area contributed by atoms with Crippen molar-refractivity contribution in [3.63, 3.8) is 0 Å². The Labute approximate surface area is 155 Å². The predicted molar refractivity (Wildman–Crippen MR) is 101 cm³/mol. The Kier molecular flexibility index (Phi) is 3.95. The van der Waals surface area contributed by atoms with Crippen LogP contribution in [0.2, 0.25) is 0 Å². The fraction of sp³-hybridized carbons (Fsp3) is 0.474. The van der Waals surface area contributed by atoms with Gasteiger partial charge >= 0.3 is 0 Å². The van der Waals surface area contributed by atoms with E-state index >= 15 is 0 Å². The molecule has 3 fully saturated rings. The molecule has 7 heteroatoms. The van der Waals surface area contributed by atoms with Gasteiger partial charge in [0.25, 0.3) is 11.8 Å². The van der Waals surface area contributed by atoms with E-state index in [1.54, 1.807) is 16.2 Å². The Balaban J connectivity index is 1.36. The number of fused-ring (bicyclic) bond motifs is 3. The first-order valence-corrected chi connectivity index (χ1v) is 9.98. The Hall–Kier alpha value is -1.96. The zero-order chi connectivity index (χ0) is 17.7. The van der Waals surface area contributed by atoms with Crippen LogP contribution in [-0.4, -0.2) is 49.7 Å². The lowest BCUT2D eigenvalue weighted by atomic mass is 9.95. The molecule has 3 saturated heterocycles. The third-order valence-electron chi connectivity index (χ3n) is 5.64. The second-order valence-electron chi connectivity index (χ2n) is 7.30. The Bertz CT molecular complexity index is 880. The number of thiophene rings is 1. The highest BCUT2D eigenvalue weighted by atomic mass is 32.1. The van der Waals surface area contributed by atoms with Crippen molar-refractivity contribution < 1.29 is 14.3 Å². The molecule has 136 valence electrons. The molecule has 0 unspecified atom stereocenters. The summed E-state index contributed by atoms with van der Waals surface area (Å²) in [5.41, 5.74) is 0.682. The average molecular weight is 371 g/mol. The lowest BCUT2D eigenvalue weighted by Gasteiger charge is -2.25. The summed E-state index contributed by atoms with van der Waals surface area (Å²) in [7, 11) is 0. The van der Waals surface area contributed by atoms with E-state index in [2.05, 4.69) is 10.6 Å². The number of anilines is 1. The number of benzene rings is 1. The van der Waals surface area contributed by atoms with E-state index in [1.165, 1.54) is 6.42 Å². The van der Waals surface area contributed by atoms with Crippen LogP contribution in [0.1, 0.15) is 29.6 Å². The van der Waals surface area contributed by atoms with Gasteiger partial charge in [0.05, 0.1) is 18.2 Å². The van der Waals surface area contributed by atoms with E-state index in [9.17, 15) is 9.59 Å². The molecule has 0 aliphatic carbocycles. The van der Waals surface area contributed by atoms with Crippen LogP contribution in [0.4, 0.5) is 5.00 Å². The van der Waals surface area contributed by atoms with Crippen molar-refractivity contribution in [2.75, 3.05) is 24.7 Å². The summed E-state index contributed by atoms with van der Waals surface area (Å²) in [4.78, 5) is 26.5. The van der Waals surface area contributed by atoms with Gasteiger partial charge in [0, 0.05) is 28.4 Å². The highest BCUT2D eigenvalue weighted by molar-refractivity contribution is 7.23. The minimum Gasteiger partial charge on any atom is -0.370 e. The smallest absolute Gasteiger partial charge is 0.253 e. The second-order valence-corrected chi connectivity index (χ2v) is 8.36. The SMILES string of the molecule is O=C(N[C@@H]1C[C@H]2CC[C@@H]1N2)c1ccc2cc(N3CCOCC3=O)sc2c1. The first kappa shape index (κ1) is 16.2. The summed E-state index contributed by atoms with van der Waals surface area (Å²) in [6.07, 6.45) is 3.40. The van der Waals surface area contributed by atoms with Gasteiger partial charge in [0.1, 0.15) is 6.61 Å². The second kappa shape index (κ2) is 6.33. The number of hydrogen-bond donors (Lipinski definition) is 2. The summed E-state index contributed by atoms with van der Waals surface area (Å²) in [5, 5.41) is 8.72. The van der Waals surface area contributed by atoms with E-state index in [0.29, 0.717) is 30.8 Å². The lowest BCUT2D eigenvalue weighted by Crippen LogP contribution is -2.42. The number of nitrogens with zero attached hydrogens (tertiary/aromatic N) is 1. The normalized spacial score (nSPS) is 28.1. The van der Waals surface area contributed by atoms with Crippen LogP contribution in [0.25, 0.3) is 10.1 Å². The van der Waals surface area contributed by atoms with Gasteiger partial charge in [-0.15, -0.1) is 11.3 Å². The molecule has 0 radical (unpaired) electrons. The van der Waals surface area contributed by atoms with E-state index in [4.69, 9.17) is 4.74 Å². The molecule has 1 aromatic heterocycles. The first-order chi connectivity index (χ1) is 12.7. The molecule has 1 aromatic carbocycles. The number of hydrogen-bond acceptors (Lipinski definition) is 5. The van der Waals surface area contributed by atoms with Crippen LogP contribution in [0.5, 0.6) is 0 Å². The molecule has 0 spiro atoms. The number of ether oxygens (including phenoxy) is 1. The molecular weight excluding hydrogens is 350 g/mol. The zero-order valence-corrected chi connectivity index (χ0v) is 15.2. The molecular formula is C19H21N3O3S. The van der Waals surface area contributed by atoms with Gasteiger partial charge in [-0.05, 0) is 42.8 Å². The maximum Gasteiger partial charge on any atom is 0.253 e. The van der Waals surface area contributed by atoms with Gasteiger partial charge in [-0.25, -0.2) is 0 Å². The van der Waals surface area contributed by atoms with Crippen LogP contribution in [-0.2, 0) is 9.53 Å². The summed E-state index contributed by atoms with van der Waals surface area (Å²) in [5.74, 6) is -0.0202. The molecule has 3 atom stereocenters. The molecule has 3 aliphatic rings. The van der Waals surface area contributed by atoms with Gasteiger partial charge < -0.3 is 15.4 Å². The third-order valence-corrected chi connectivity index (χ3v) is 6.76. The van der Waals surface area contributed by atoms with Gasteiger partial charge in [0.2, 0.25) is 0 Å². The van der Waals surface area contributed by atoms with Crippen molar-refractivity contribution in [3.05, 3.63) is 29.8 Å². The molecule has 0 saturated carbocycles. The molecule has 4 heterocycles. The number of rotatable bonds is 3. The molecule has 3 aliphatic heterocycles. The van der Waals surface area contributed by atoms with Crippen LogP contribution in [0, 0.1) is 0 Å². The van der Waals surface area contributed by atoms with E-state index in [1.807, 2.05) is 24.3 Å². The van der Waals surface area contributed by atoms with E-state index in [0.717, 1.165) is 27.9 Å². The maximum atomic E-state index is 12.7. The summed E-state index contributed by atoms with van der Waals surface area (Å²) >= 11 is 1.55. The minimum atomic E-state index is -0.0105. The third kappa shape index (κ3) is 2.80. The minimum absolute atomic E-state index is 0.00967. The van der Waals surface area contributed by atoms with Gasteiger partial charge in [-0.3, -0.25) is 14.5 Å². The molecule has 2 amide bonds. The largest absolute Gasteiger partial charge is 0.370 e. The van der Waals surface area contributed by atoms with Crippen molar-refractivity contribution in [1.82, 2.24) is 10.6 Å². The summed E-state index contributed by atoms with van der Waals surface area (Å²) < 4.78 is 6.22. The van der Waals surface area contributed by atoms with Crippen molar-refractivity contribution in [2.45, 2.75) is 37.4 Å². The maximum absolute atomic E-state index is 12.7. The Morgan fingerprint density at radius 3 is 3.00 bits per heavy atom. The quantitative estimate of drug-likeness (QED) is 0.864. The van der Waals surface area contributed by atoms with Crippen molar-refractivity contribution in [3.8, 4) is 0 Å². The molecule has 2 bridgehead atoms. The van der Waals surface area contributed by atoms with E-state index in [-0.39, 0.29) is 24.5 Å². The number of morpholine rings is 1. The fourth-order valence-corrected chi connectivity index (χ4v) is 5.42. The number of carbonyl (C=O) groups excluding carboxylic acids is 2. The van der Waals surface area contributed by atoms with Crippen LogP contribution < -0.4 is 15.5 Å². The van der Waals surface area contributed by atoms with Crippen LogP contribution >= 0.6 is 11.3 Å². The predicted octanol–water partition coefficient (Wildman–Crippen LogP) is 1.89. The molecule has 2 N–H and O–H groups in total. The average Bonchev–Trinajstić information content (AvgIpc) is 3.36. The standard InChI is InChI=1S/C19H21N3O3S/c23-17-10-25-6-5-22(17)18-8-11-1-2-12(7-16(11)26-18)19(24)21-15-9-13-3-4-14(15)20-13/h1-2,7-8,13-15,20H,3-6,9-10H2,(H,21,24)/t13-,14+,15-/m1/s1. The lowest BCUT2D eigenvalue weighted by molar-refractivity contribution is -0.125. The van der Waals surface area contributed by atoms with Gasteiger partial charge in [0.15, 0.2) is 0 Å². The number of nitrogens with one attached hydrogen (secondary N) is 2. The summed E-state index contributed by atoms with van der Waals surface area (Å²) in [6.45, 7) is 1.28. The zero-order valence-electron chi connectivity index (χ0n) is 14.4. The van der Waals surface area contributed by atoms with Gasteiger partial charge in [-0.2, -0.15) is 0 Å².